The van der Waals surface area contributed by atoms with Gasteiger partial charge in [0.2, 0.25) is 0 Å². The van der Waals surface area contributed by atoms with E-state index in [4.69, 9.17) is 15.3 Å². The predicted octanol–water partition coefficient (Wildman–Crippen LogP) is -0.830. The van der Waals surface area contributed by atoms with Crippen molar-refractivity contribution in [3.05, 3.63) is 0 Å². The number of hydrazine groups is 1. The lowest BCUT2D eigenvalue weighted by Gasteiger charge is -2.15. The number of nitrogens with two attached hydrogens (primary N) is 1. The van der Waals surface area contributed by atoms with Crippen LogP contribution in [0.5, 0.6) is 0 Å². The van der Waals surface area contributed by atoms with Crippen molar-refractivity contribution in [2.45, 2.75) is 25.6 Å². The standard InChI is InChI=1S/C7H14N2O3/c1-5(7(10)9-8)12-6-2-3-11-4-6/h5-6H,2-4,8H2,1H3,(H,9,10). The van der Waals surface area contributed by atoms with Crippen LogP contribution in [0.4, 0.5) is 0 Å². The summed E-state index contributed by atoms with van der Waals surface area (Å²) in [4.78, 5) is 10.9. The lowest BCUT2D eigenvalue weighted by atomic mass is 10.3. The van der Waals surface area contributed by atoms with E-state index in [1.54, 1.807) is 6.92 Å². The van der Waals surface area contributed by atoms with E-state index in [1.165, 1.54) is 0 Å². The fraction of sp³-hybridized carbons (Fsp3) is 0.857. The van der Waals surface area contributed by atoms with Crippen LogP contribution in [0.15, 0.2) is 0 Å². The largest absolute Gasteiger partial charge is 0.379 e. The van der Waals surface area contributed by atoms with Crippen LogP contribution in [-0.2, 0) is 14.3 Å². The minimum absolute atomic E-state index is 0.0392. The SMILES string of the molecule is CC(OC1CCOC1)C(=O)NN. The molecule has 5 heteroatoms. The normalized spacial score (nSPS) is 25.3. The molecule has 0 aliphatic carbocycles. The summed E-state index contributed by atoms with van der Waals surface area (Å²) >= 11 is 0. The molecule has 0 bridgehead atoms. The number of rotatable bonds is 3. The summed E-state index contributed by atoms with van der Waals surface area (Å²) in [5.41, 5.74) is 2.03. The van der Waals surface area contributed by atoms with E-state index in [9.17, 15) is 4.79 Å². The van der Waals surface area contributed by atoms with Crippen LogP contribution in [0.1, 0.15) is 13.3 Å². The summed E-state index contributed by atoms with van der Waals surface area (Å²) < 4.78 is 10.4. The summed E-state index contributed by atoms with van der Waals surface area (Å²) in [7, 11) is 0. The Bertz CT molecular complexity index is 157. The topological polar surface area (TPSA) is 73.6 Å². The molecule has 0 aromatic heterocycles. The molecule has 1 rings (SSSR count). The highest BCUT2D eigenvalue weighted by molar-refractivity contribution is 5.79. The average molecular weight is 174 g/mol. The summed E-state index contributed by atoms with van der Waals surface area (Å²) in [5, 5.41) is 0. The van der Waals surface area contributed by atoms with Crippen LogP contribution in [0.3, 0.4) is 0 Å². The Morgan fingerprint density at radius 2 is 2.58 bits per heavy atom. The molecular formula is C7H14N2O3. The molecule has 0 aromatic carbocycles. The van der Waals surface area contributed by atoms with Gasteiger partial charge >= 0.3 is 0 Å². The van der Waals surface area contributed by atoms with Crippen LogP contribution in [-0.4, -0.2) is 31.3 Å². The van der Waals surface area contributed by atoms with Crippen LogP contribution < -0.4 is 11.3 Å². The molecule has 1 aliphatic rings. The van der Waals surface area contributed by atoms with Gasteiger partial charge < -0.3 is 9.47 Å². The van der Waals surface area contributed by atoms with Crippen molar-refractivity contribution in [2.75, 3.05) is 13.2 Å². The number of carbonyl (C=O) groups is 1. The Balaban J connectivity index is 2.24. The first-order chi connectivity index (χ1) is 5.74. The highest BCUT2D eigenvalue weighted by Gasteiger charge is 2.21. The number of amides is 1. The van der Waals surface area contributed by atoms with Gasteiger partial charge in [-0.05, 0) is 13.3 Å². The predicted molar refractivity (Wildman–Crippen MR) is 42.1 cm³/mol. The number of nitrogens with one attached hydrogen (secondary N) is 1. The molecule has 1 aliphatic heterocycles. The van der Waals surface area contributed by atoms with E-state index >= 15 is 0 Å². The zero-order chi connectivity index (χ0) is 8.97. The summed E-state index contributed by atoms with van der Waals surface area (Å²) in [6, 6.07) is 0. The lowest BCUT2D eigenvalue weighted by molar-refractivity contribution is -0.135. The second-order valence-electron chi connectivity index (χ2n) is 2.77. The number of ether oxygens (including phenoxy) is 2. The highest BCUT2D eigenvalue weighted by atomic mass is 16.6. The van der Waals surface area contributed by atoms with Crippen LogP contribution >= 0.6 is 0 Å². The lowest BCUT2D eigenvalue weighted by Crippen LogP contribution is -2.40. The molecule has 70 valence electrons. The summed E-state index contributed by atoms with van der Waals surface area (Å²) in [6.45, 7) is 2.95. The maximum atomic E-state index is 10.9. The zero-order valence-corrected chi connectivity index (χ0v) is 7.08. The number of hydrogen-bond donors (Lipinski definition) is 2. The second-order valence-corrected chi connectivity index (χ2v) is 2.77. The molecule has 3 N–H and O–H groups in total. The molecular weight excluding hydrogens is 160 g/mol. The Labute approximate surface area is 71.2 Å². The fourth-order valence-corrected chi connectivity index (χ4v) is 1.09. The highest BCUT2D eigenvalue weighted by Crippen LogP contribution is 2.10. The smallest absolute Gasteiger partial charge is 0.262 e. The molecule has 0 spiro atoms. The third kappa shape index (κ3) is 2.44. The van der Waals surface area contributed by atoms with Crippen LogP contribution in [0.2, 0.25) is 0 Å². The zero-order valence-electron chi connectivity index (χ0n) is 7.08. The van der Waals surface area contributed by atoms with Crippen LogP contribution in [0, 0.1) is 0 Å². The van der Waals surface area contributed by atoms with E-state index in [0.29, 0.717) is 13.2 Å². The number of carbonyl (C=O) groups excluding carboxylic acids is 1. The third-order valence-electron chi connectivity index (χ3n) is 1.80. The molecule has 1 fully saturated rings. The maximum Gasteiger partial charge on any atom is 0.262 e. The van der Waals surface area contributed by atoms with Crippen molar-refractivity contribution in [1.82, 2.24) is 5.43 Å². The maximum absolute atomic E-state index is 10.9. The van der Waals surface area contributed by atoms with Gasteiger partial charge in [-0.3, -0.25) is 10.2 Å². The van der Waals surface area contributed by atoms with Crippen LogP contribution in [0.25, 0.3) is 0 Å². The second kappa shape index (κ2) is 4.39. The van der Waals surface area contributed by atoms with Gasteiger partial charge in [0.25, 0.3) is 5.91 Å². The third-order valence-corrected chi connectivity index (χ3v) is 1.80. The molecule has 1 heterocycles. The monoisotopic (exact) mass is 174 g/mol. The fourth-order valence-electron chi connectivity index (χ4n) is 1.09. The molecule has 2 unspecified atom stereocenters. The first-order valence-corrected chi connectivity index (χ1v) is 3.97. The van der Waals surface area contributed by atoms with Crippen molar-refractivity contribution in [2.24, 2.45) is 5.84 Å². The van der Waals surface area contributed by atoms with Crippen molar-refractivity contribution >= 4 is 5.91 Å². The molecule has 0 aromatic rings. The summed E-state index contributed by atoms with van der Waals surface area (Å²) in [6.07, 6.45) is 0.390. The van der Waals surface area contributed by atoms with E-state index in [-0.39, 0.29) is 12.0 Å². The molecule has 1 amide bonds. The molecule has 1 saturated heterocycles. The van der Waals surface area contributed by atoms with Gasteiger partial charge in [0.05, 0.1) is 12.7 Å². The number of hydrogen-bond acceptors (Lipinski definition) is 4. The van der Waals surface area contributed by atoms with Crippen molar-refractivity contribution < 1.29 is 14.3 Å². The van der Waals surface area contributed by atoms with Gasteiger partial charge in [0.15, 0.2) is 0 Å². The van der Waals surface area contributed by atoms with E-state index in [1.807, 2.05) is 5.43 Å². The van der Waals surface area contributed by atoms with E-state index < -0.39 is 6.10 Å². The van der Waals surface area contributed by atoms with Gasteiger partial charge in [-0.1, -0.05) is 0 Å². The molecule has 12 heavy (non-hydrogen) atoms. The van der Waals surface area contributed by atoms with Gasteiger partial charge in [-0.2, -0.15) is 0 Å². The van der Waals surface area contributed by atoms with Gasteiger partial charge in [0.1, 0.15) is 6.10 Å². The molecule has 5 nitrogen and oxygen atoms in total. The molecule has 2 atom stereocenters. The average Bonchev–Trinajstić information content (AvgIpc) is 2.55. The first kappa shape index (κ1) is 9.44. The van der Waals surface area contributed by atoms with E-state index in [2.05, 4.69) is 0 Å². The Kier molecular flexibility index (Phi) is 3.46. The van der Waals surface area contributed by atoms with Crippen molar-refractivity contribution in [3.63, 3.8) is 0 Å². The Morgan fingerprint density at radius 1 is 1.83 bits per heavy atom. The molecule has 0 radical (unpaired) electrons. The minimum atomic E-state index is -0.498. The quantitative estimate of drug-likeness (QED) is 0.333. The summed E-state index contributed by atoms with van der Waals surface area (Å²) in [5.74, 6) is 4.63. The first-order valence-electron chi connectivity index (χ1n) is 3.97. The molecule has 0 saturated carbocycles. The van der Waals surface area contributed by atoms with Gasteiger partial charge in [-0.15, -0.1) is 0 Å². The minimum Gasteiger partial charge on any atom is -0.379 e. The Hall–Kier alpha value is -0.650. The van der Waals surface area contributed by atoms with Crippen molar-refractivity contribution in [1.29, 1.82) is 0 Å². The van der Waals surface area contributed by atoms with Crippen molar-refractivity contribution in [3.8, 4) is 0 Å². The van der Waals surface area contributed by atoms with Gasteiger partial charge in [-0.25, -0.2) is 5.84 Å². The Morgan fingerprint density at radius 3 is 3.08 bits per heavy atom. The van der Waals surface area contributed by atoms with Gasteiger partial charge in [0, 0.05) is 6.61 Å². The van der Waals surface area contributed by atoms with E-state index in [0.717, 1.165) is 6.42 Å².